The van der Waals surface area contributed by atoms with E-state index in [4.69, 9.17) is 23.2 Å². The molecule has 10 heteroatoms. The van der Waals surface area contributed by atoms with Gasteiger partial charge in [-0.25, -0.2) is 0 Å². The molecule has 1 aliphatic rings. The van der Waals surface area contributed by atoms with Crippen LogP contribution in [0, 0.1) is 10.1 Å². The summed E-state index contributed by atoms with van der Waals surface area (Å²) in [5.74, 6) is -0.972. The molecule has 164 valence electrons. The summed E-state index contributed by atoms with van der Waals surface area (Å²) in [5, 5.41) is 14.4. The predicted octanol–water partition coefficient (Wildman–Crippen LogP) is 4.60. The molecule has 0 aliphatic carbocycles. The van der Waals surface area contributed by atoms with Crippen LogP contribution in [-0.4, -0.2) is 48.3 Å². The standard InChI is InChI=1S/C21H22Cl2N4O4/c1-25(13-19(28)24-20-16(22)6-5-7-17(20)23)21(29)15-12-14(27(30)31)8-9-18(15)26-10-3-2-4-11-26/h5-9,12H,2-4,10-11,13H2,1H3,(H,24,28). The highest BCUT2D eigenvalue weighted by Gasteiger charge is 2.25. The lowest BCUT2D eigenvalue weighted by Crippen LogP contribution is -2.37. The average molecular weight is 465 g/mol. The van der Waals surface area contributed by atoms with Crippen LogP contribution in [0.25, 0.3) is 0 Å². The maximum absolute atomic E-state index is 13.1. The van der Waals surface area contributed by atoms with Crippen molar-refractivity contribution in [2.75, 3.05) is 36.9 Å². The number of nitrogens with zero attached hydrogens (tertiary/aromatic N) is 3. The van der Waals surface area contributed by atoms with Gasteiger partial charge in [-0.15, -0.1) is 0 Å². The summed E-state index contributed by atoms with van der Waals surface area (Å²) in [4.78, 5) is 39.6. The van der Waals surface area contributed by atoms with E-state index in [-0.39, 0.29) is 33.5 Å². The van der Waals surface area contributed by atoms with Crippen LogP contribution in [0.3, 0.4) is 0 Å². The molecule has 1 N–H and O–H groups in total. The van der Waals surface area contributed by atoms with Gasteiger partial charge in [-0.05, 0) is 37.5 Å². The predicted molar refractivity (Wildman–Crippen MR) is 121 cm³/mol. The van der Waals surface area contributed by atoms with Gasteiger partial charge < -0.3 is 15.1 Å². The first kappa shape index (κ1) is 22.8. The Hall–Kier alpha value is -2.84. The van der Waals surface area contributed by atoms with Crippen molar-refractivity contribution in [3.8, 4) is 0 Å². The quantitative estimate of drug-likeness (QED) is 0.497. The van der Waals surface area contributed by atoms with E-state index in [2.05, 4.69) is 10.2 Å². The molecule has 8 nitrogen and oxygen atoms in total. The minimum Gasteiger partial charge on any atom is -0.371 e. The molecule has 0 aromatic heterocycles. The maximum Gasteiger partial charge on any atom is 0.270 e. The van der Waals surface area contributed by atoms with Gasteiger partial charge in [-0.3, -0.25) is 19.7 Å². The van der Waals surface area contributed by atoms with E-state index in [9.17, 15) is 19.7 Å². The zero-order valence-electron chi connectivity index (χ0n) is 16.9. The Morgan fingerprint density at radius 1 is 1.13 bits per heavy atom. The summed E-state index contributed by atoms with van der Waals surface area (Å²) < 4.78 is 0. The lowest BCUT2D eigenvalue weighted by atomic mass is 10.1. The number of halogens is 2. The maximum atomic E-state index is 13.1. The van der Waals surface area contributed by atoms with Gasteiger partial charge in [-0.1, -0.05) is 29.3 Å². The number of anilines is 2. The Kier molecular flexibility index (Phi) is 7.35. The first-order chi connectivity index (χ1) is 14.8. The highest BCUT2D eigenvalue weighted by Crippen LogP contribution is 2.31. The molecule has 0 atom stereocenters. The Morgan fingerprint density at radius 3 is 2.39 bits per heavy atom. The molecule has 0 radical (unpaired) electrons. The Morgan fingerprint density at radius 2 is 1.77 bits per heavy atom. The minimum absolute atomic E-state index is 0.176. The van der Waals surface area contributed by atoms with Gasteiger partial charge >= 0.3 is 0 Å². The number of amides is 2. The number of non-ortho nitro benzene ring substituents is 1. The van der Waals surface area contributed by atoms with E-state index in [1.807, 2.05) is 0 Å². The molecule has 2 amide bonds. The van der Waals surface area contributed by atoms with Crippen molar-refractivity contribution in [1.29, 1.82) is 0 Å². The van der Waals surface area contributed by atoms with E-state index in [0.29, 0.717) is 5.69 Å². The number of nitrogens with one attached hydrogen (secondary N) is 1. The number of rotatable bonds is 6. The van der Waals surface area contributed by atoms with Crippen molar-refractivity contribution in [1.82, 2.24) is 4.90 Å². The van der Waals surface area contributed by atoms with Crippen LogP contribution < -0.4 is 10.2 Å². The lowest BCUT2D eigenvalue weighted by Gasteiger charge is -2.31. The minimum atomic E-state index is -0.539. The number of benzene rings is 2. The summed E-state index contributed by atoms with van der Waals surface area (Å²) in [6.07, 6.45) is 3.08. The number of likely N-dealkylation sites (N-methyl/N-ethyl adjacent to an activating group) is 1. The van der Waals surface area contributed by atoms with Crippen LogP contribution in [-0.2, 0) is 4.79 Å². The number of carbonyl (C=O) groups excluding carboxylic acids is 2. The number of para-hydroxylation sites is 1. The number of nitro groups is 1. The second-order valence-electron chi connectivity index (χ2n) is 7.31. The molecule has 0 saturated carbocycles. The number of hydrogen-bond acceptors (Lipinski definition) is 5. The Balaban J connectivity index is 1.80. The zero-order valence-corrected chi connectivity index (χ0v) is 18.4. The number of nitro benzene ring substituents is 1. The van der Waals surface area contributed by atoms with Gasteiger partial charge in [0.1, 0.15) is 0 Å². The van der Waals surface area contributed by atoms with Crippen molar-refractivity contribution in [3.05, 3.63) is 62.1 Å². The summed E-state index contributed by atoms with van der Waals surface area (Å²) >= 11 is 12.1. The van der Waals surface area contributed by atoms with Gasteiger partial charge in [0.05, 0.1) is 38.5 Å². The molecular weight excluding hydrogens is 443 g/mol. The van der Waals surface area contributed by atoms with Crippen LogP contribution in [0.1, 0.15) is 29.6 Å². The fourth-order valence-electron chi connectivity index (χ4n) is 3.51. The van der Waals surface area contributed by atoms with E-state index >= 15 is 0 Å². The highest BCUT2D eigenvalue weighted by molar-refractivity contribution is 6.39. The van der Waals surface area contributed by atoms with E-state index < -0.39 is 16.7 Å². The first-order valence-electron chi connectivity index (χ1n) is 9.80. The molecule has 1 fully saturated rings. The van der Waals surface area contributed by atoms with Crippen LogP contribution >= 0.6 is 23.2 Å². The largest absolute Gasteiger partial charge is 0.371 e. The lowest BCUT2D eigenvalue weighted by molar-refractivity contribution is -0.384. The molecule has 0 unspecified atom stereocenters. The summed E-state index contributed by atoms with van der Waals surface area (Å²) in [5.41, 5.74) is 0.921. The molecule has 2 aromatic carbocycles. The zero-order chi connectivity index (χ0) is 22.5. The smallest absolute Gasteiger partial charge is 0.270 e. The molecule has 1 aliphatic heterocycles. The second-order valence-corrected chi connectivity index (χ2v) is 8.13. The van der Waals surface area contributed by atoms with Crippen molar-refractivity contribution >= 4 is 52.1 Å². The monoisotopic (exact) mass is 464 g/mol. The van der Waals surface area contributed by atoms with Crippen LogP contribution in [0.2, 0.25) is 10.0 Å². The molecule has 2 aromatic rings. The summed E-state index contributed by atoms with van der Waals surface area (Å²) in [7, 11) is 1.47. The fraction of sp³-hybridized carbons (Fsp3) is 0.333. The van der Waals surface area contributed by atoms with Crippen molar-refractivity contribution in [2.24, 2.45) is 0 Å². The topological polar surface area (TPSA) is 95.8 Å². The molecule has 1 heterocycles. The molecule has 1 saturated heterocycles. The van der Waals surface area contributed by atoms with E-state index in [1.165, 1.54) is 24.1 Å². The third kappa shape index (κ3) is 5.45. The average Bonchev–Trinajstić information content (AvgIpc) is 2.76. The summed E-state index contributed by atoms with van der Waals surface area (Å²) in [6, 6.07) is 9.10. The van der Waals surface area contributed by atoms with Crippen LogP contribution in [0.5, 0.6) is 0 Å². The fourth-order valence-corrected chi connectivity index (χ4v) is 4.00. The number of carbonyl (C=O) groups is 2. The normalized spacial score (nSPS) is 13.6. The summed E-state index contributed by atoms with van der Waals surface area (Å²) in [6.45, 7) is 1.27. The number of hydrogen-bond donors (Lipinski definition) is 1. The van der Waals surface area contributed by atoms with Crippen molar-refractivity contribution in [3.63, 3.8) is 0 Å². The third-order valence-electron chi connectivity index (χ3n) is 5.07. The van der Waals surface area contributed by atoms with Gasteiger partial charge in [0.15, 0.2) is 0 Å². The third-order valence-corrected chi connectivity index (χ3v) is 5.70. The van der Waals surface area contributed by atoms with Gasteiger partial charge in [-0.2, -0.15) is 0 Å². The molecule has 0 spiro atoms. The number of piperidine rings is 1. The second kappa shape index (κ2) is 9.98. The Labute approximate surface area is 189 Å². The Bertz CT molecular complexity index is 989. The van der Waals surface area contributed by atoms with E-state index in [1.54, 1.807) is 24.3 Å². The van der Waals surface area contributed by atoms with Gasteiger partial charge in [0.2, 0.25) is 5.91 Å². The molecule has 31 heavy (non-hydrogen) atoms. The van der Waals surface area contributed by atoms with Gasteiger partial charge in [0, 0.05) is 32.3 Å². The van der Waals surface area contributed by atoms with Gasteiger partial charge in [0.25, 0.3) is 11.6 Å². The van der Waals surface area contributed by atoms with Crippen molar-refractivity contribution < 1.29 is 14.5 Å². The van der Waals surface area contributed by atoms with E-state index in [0.717, 1.165) is 32.4 Å². The first-order valence-corrected chi connectivity index (χ1v) is 10.6. The van der Waals surface area contributed by atoms with Crippen LogP contribution in [0.4, 0.5) is 17.1 Å². The highest BCUT2D eigenvalue weighted by atomic mass is 35.5. The van der Waals surface area contributed by atoms with Crippen LogP contribution in [0.15, 0.2) is 36.4 Å². The molecule has 0 bridgehead atoms. The molecular formula is C21H22Cl2N4O4. The molecule has 3 rings (SSSR count). The van der Waals surface area contributed by atoms with Crippen molar-refractivity contribution in [2.45, 2.75) is 19.3 Å². The SMILES string of the molecule is CN(CC(=O)Nc1c(Cl)cccc1Cl)C(=O)c1cc([N+](=O)[O-])ccc1N1CCCCC1.